The van der Waals surface area contributed by atoms with E-state index in [2.05, 4.69) is 22.3 Å². The van der Waals surface area contributed by atoms with Gasteiger partial charge in [-0.3, -0.25) is 5.32 Å². The Kier molecular flexibility index (Phi) is 6.53. The van der Waals surface area contributed by atoms with Crippen LogP contribution in [0.15, 0.2) is 65.2 Å². The molecule has 4 rings (SSSR count). The number of nitrogens with zero attached hydrogens (tertiary/aromatic N) is 1. The van der Waals surface area contributed by atoms with E-state index >= 15 is 0 Å². The SMILES string of the molecule is Cc1noc(-c2ccc3cc(C#CC(=O)O)ccc3c2)c1NC(=O)O[C@H](C)c1ccccc1Cl. The van der Waals surface area contributed by atoms with Gasteiger partial charge in [0.25, 0.3) is 0 Å². The molecular formula is C26H19ClN2O5. The predicted molar refractivity (Wildman–Crippen MR) is 129 cm³/mol. The molecule has 1 amide bonds. The second kappa shape index (κ2) is 9.69. The Bertz CT molecular complexity index is 1470. The summed E-state index contributed by atoms with van der Waals surface area (Å²) in [6.45, 7) is 3.45. The number of fused-ring (bicyclic) bond motifs is 1. The molecule has 0 aliphatic rings. The van der Waals surface area contributed by atoms with Gasteiger partial charge in [0.05, 0.1) is 0 Å². The van der Waals surface area contributed by atoms with Crippen LogP contribution in [0.1, 0.15) is 29.8 Å². The molecule has 0 bridgehead atoms. The van der Waals surface area contributed by atoms with Crippen molar-refractivity contribution < 1.29 is 24.0 Å². The van der Waals surface area contributed by atoms with Gasteiger partial charge in [-0.15, -0.1) is 0 Å². The van der Waals surface area contributed by atoms with Crippen LogP contribution in [0.3, 0.4) is 0 Å². The van der Waals surface area contributed by atoms with E-state index < -0.39 is 18.2 Å². The largest absolute Gasteiger partial charge is 0.472 e. The summed E-state index contributed by atoms with van der Waals surface area (Å²) in [4.78, 5) is 23.3. The molecule has 8 heteroatoms. The number of ether oxygens (including phenoxy) is 1. The van der Waals surface area contributed by atoms with Crippen molar-refractivity contribution in [3.63, 3.8) is 0 Å². The summed E-state index contributed by atoms with van der Waals surface area (Å²) < 4.78 is 11.0. The van der Waals surface area contributed by atoms with Crippen LogP contribution >= 0.6 is 11.6 Å². The minimum Gasteiger partial charge on any atom is -0.472 e. The van der Waals surface area contributed by atoms with Gasteiger partial charge in [-0.05, 0) is 48.9 Å². The molecule has 7 nitrogen and oxygen atoms in total. The third-order valence-electron chi connectivity index (χ3n) is 5.13. The summed E-state index contributed by atoms with van der Waals surface area (Å²) in [7, 11) is 0. The fourth-order valence-electron chi connectivity index (χ4n) is 3.46. The number of carboxylic acid groups (broad SMARTS) is 1. The lowest BCUT2D eigenvalue weighted by molar-refractivity contribution is -0.130. The van der Waals surface area contributed by atoms with Crippen molar-refractivity contribution in [1.29, 1.82) is 0 Å². The first-order valence-corrected chi connectivity index (χ1v) is 10.7. The van der Waals surface area contributed by atoms with Crippen molar-refractivity contribution in [2.24, 2.45) is 0 Å². The standard InChI is InChI=1S/C26H19ClN2O5/c1-15-24(28-26(32)33-16(2)21-5-3-4-6-22(21)27)25(34-29-15)20-11-10-18-13-17(8-12-23(30)31)7-9-19(18)14-20/h3-7,9-11,13-14,16H,1-2H3,(H,28,32)(H,30,31)/t16-/m1/s1. The van der Waals surface area contributed by atoms with Gasteiger partial charge >= 0.3 is 12.1 Å². The molecule has 0 aliphatic heterocycles. The number of benzene rings is 3. The number of carboxylic acids is 1. The van der Waals surface area contributed by atoms with Gasteiger partial charge in [0.2, 0.25) is 0 Å². The maximum absolute atomic E-state index is 12.6. The number of rotatable bonds is 4. The number of aromatic nitrogens is 1. The van der Waals surface area contributed by atoms with E-state index in [1.807, 2.05) is 30.3 Å². The molecule has 1 atom stereocenters. The highest BCUT2D eigenvalue weighted by atomic mass is 35.5. The van der Waals surface area contributed by atoms with Crippen LogP contribution in [0.4, 0.5) is 10.5 Å². The van der Waals surface area contributed by atoms with Crippen LogP contribution < -0.4 is 5.32 Å². The van der Waals surface area contributed by atoms with Crippen LogP contribution in [-0.4, -0.2) is 22.3 Å². The molecule has 1 heterocycles. The molecule has 0 saturated heterocycles. The monoisotopic (exact) mass is 474 g/mol. The van der Waals surface area contributed by atoms with E-state index in [4.69, 9.17) is 26.0 Å². The van der Waals surface area contributed by atoms with Gasteiger partial charge in [0, 0.05) is 27.6 Å². The quantitative estimate of drug-likeness (QED) is 0.341. The minimum atomic E-state index is -1.18. The van der Waals surface area contributed by atoms with Crippen LogP contribution in [0.25, 0.3) is 22.1 Å². The summed E-state index contributed by atoms with van der Waals surface area (Å²) >= 11 is 6.19. The molecule has 0 unspecified atom stereocenters. The van der Waals surface area contributed by atoms with Crippen molar-refractivity contribution in [3.05, 3.63) is 82.5 Å². The Balaban J connectivity index is 1.57. The maximum atomic E-state index is 12.6. The van der Waals surface area contributed by atoms with E-state index in [9.17, 15) is 9.59 Å². The number of carbonyl (C=O) groups is 2. The van der Waals surface area contributed by atoms with Gasteiger partial charge < -0.3 is 14.4 Å². The van der Waals surface area contributed by atoms with E-state index in [1.165, 1.54) is 0 Å². The van der Waals surface area contributed by atoms with E-state index in [1.54, 1.807) is 44.2 Å². The Labute approximate surface area is 200 Å². The number of hydrogen-bond donors (Lipinski definition) is 2. The molecule has 0 radical (unpaired) electrons. The molecule has 170 valence electrons. The zero-order valence-electron chi connectivity index (χ0n) is 18.3. The van der Waals surface area contributed by atoms with Gasteiger partial charge in [-0.1, -0.05) is 59.1 Å². The van der Waals surface area contributed by atoms with E-state index in [0.29, 0.717) is 38.9 Å². The molecule has 2 N–H and O–H groups in total. The molecule has 0 aliphatic carbocycles. The van der Waals surface area contributed by atoms with Gasteiger partial charge in [-0.2, -0.15) is 0 Å². The normalized spacial score (nSPS) is 11.4. The molecule has 0 fully saturated rings. The second-order valence-corrected chi connectivity index (χ2v) is 7.91. The maximum Gasteiger partial charge on any atom is 0.412 e. The summed E-state index contributed by atoms with van der Waals surface area (Å²) in [6, 6.07) is 18.1. The lowest BCUT2D eigenvalue weighted by Crippen LogP contribution is -2.17. The zero-order valence-corrected chi connectivity index (χ0v) is 19.0. The molecule has 0 saturated carbocycles. The van der Waals surface area contributed by atoms with Gasteiger partial charge in [0.1, 0.15) is 17.5 Å². The number of aryl methyl sites for hydroxylation is 1. The Morgan fingerprint density at radius 3 is 2.62 bits per heavy atom. The lowest BCUT2D eigenvalue weighted by atomic mass is 10.0. The average molecular weight is 475 g/mol. The average Bonchev–Trinajstić information content (AvgIpc) is 3.17. The molecular weight excluding hydrogens is 456 g/mol. The van der Waals surface area contributed by atoms with Crippen LogP contribution in [0, 0.1) is 18.8 Å². The van der Waals surface area contributed by atoms with E-state index in [-0.39, 0.29) is 0 Å². The minimum absolute atomic E-state index is 0.386. The van der Waals surface area contributed by atoms with Crippen LogP contribution in [0.2, 0.25) is 5.02 Å². The number of nitrogens with one attached hydrogen (secondary N) is 1. The highest BCUT2D eigenvalue weighted by Gasteiger charge is 2.20. The molecule has 34 heavy (non-hydrogen) atoms. The summed E-state index contributed by atoms with van der Waals surface area (Å²) in [5.41, 5.74) is 2.89. The van der Waals surface area contributed by atoms with Crippen molar-refractivity contribution in [2.75, 3.05) is 5.32 Å². The van der Waals surface area contributed by atoms with Crippen molar-refractivity contribution in [3.8, 4) is 23.2 Å². The predicted octanol–water partition coefficient (Wildman–Crippen LogP) is 6.20. The fraction of sp³-hybridized carbons (Fsp3) is 0.115. The number of carbonyl (C=O) groups excluding carboxylic acids is 1. The molecule has 0 spiro atoms. The topological polar surface area (TPSA) is 102 Å². The van der Waals surface area contributed by atoms with Crippen molar-refractivity contribution >= 4 is 40.1 Å². The Hall–Kier alpha value is -4.28. The van der Waals surface area contributed by atoms with Crippen molar-refractivity contribution in [2.45, 2.75) is 20.0 Å². The van der Waals surface area contributed by atoms with Gasteiger partial charge in [0.15, 0.2) is 5.76 Å². The third-order valence-corrected chi connectivity index (χ3v) is 5.48. The van der Waals surface area contributed by atoms with Crippen LogP contribution in [-0.2, 0) is 9.53 Å². The Morgan fingerprint density at radius 1 is 1.12 bits per heavy atom. The molecule has 3 aromatic carbocycles. The smallest absolute Gasteiger partial charge is 0.412 e. The molecule has 1 aromatic heterocycles. The highest BCUT2D eigenvalue weighted by Crippen LogP contribution is 2.34. The third kappa shape index (κ3) is 5.03. The van der Waals surface area contributed by atoms with E-state index in [0.717, 1.165) is 10.8 Å². The fourth-order valence-corrected chi connectivity index (χ4v) is 3.75. The number of halogens is 1. The first-order chi connectivity index (χ1) is 16.3. The number of amides is 1. The molecule has 4 aromatic rings. The van der Waals surface area contributed by atoms with Crippen LogP contribution in [0.5, 0.6) is 0 Å². The number of anilines is 1. The number of hydrogen-bond acceptors (Lipinski definition) is 5. The van der Waals surface area contributed by atoms with Crippen molar-refractivity contribution in [1.82, 2.24) is 5.16 Å². The lowest BCUT2D eigenvalue weighted by Gasteiger charge is -2.15. The number of aliphatic carboxylic acids is 1. The highest BCUT2D eigenvalue weighted by molar-refractivity contribution is 6.31. The Morgan fingerprint density at radius 2 is 1.85 bits per heavy atom. The summed E-state index contributed by atoms with van der Waals surface area (Å²) in [5, 5.41) is 17.7. The second-order valence-electron chi connectivity index (χ2n) is 7.50. The van der Waals surface area contributed by atoms with Gasteiger partial charge in [-0.25, -0.2) is 9.59 Å². The summed E-state index contributed by atoms with van der Waals surface area (Å²) in [6.07, 6.45) is -1.22. The first-order valence-electron chi connectivity index (χ1n) is 10.3. The first kappa shape index (κ1) is 22.9. The summed E-state index contributed by atoms with van der Waals surface area (Å²) in [5.74, 6) is 3.90. The zero-order chi connectivity index (χ0) is 24.2.